The van der Waals surface area contributed by atoms with E-state index < -0.39 is 5.97 Å². The van der Waals surface area contributed by atoms with Gasteiger partial charge in [-0.15, -0.1) is 11.3 Å². The number of hydrogen-bond acceptors (Lipinski definition) is 5. The van der Waals surface area contributed by atoms with Gasteiger partial charge in [0.05, 0.1) is 16.6 Å². The molecule has 1 atom stereocenters. The van der Waals surface area contributed by atoms with Crippen molar-refractivity contribution in [3.05, 3.63) is 57.2 Å². The van der Waals surface area contributed by atoms with Gasteiger partial charge in [0.15, 0.2) is 0 Å². The van der Waals surface area contributed by atoms with E-state index in [0.29, 0.717) is 11.4 Å². The quantitative estimate of drug-likeness (QED) is 0.821. The summed E-state index contributed by atoms with van der Waals surface area (Å²) in [5.74, 6) is -1.60. The van der Waals surface area contributed by atoms with Gasteiger partial charge in [-0.05, 0) is 29.5 Å². The summed E-state index contributed by atoms with van der Waals surface area (Å²) in [6.07, 6.45) is 0.0697. The number of halogens is 1. The zero-order valence-corrected chi connectivity index (χ0v) is 14.2. The first kappa shape index (κ1) is 16.7. The minimum Gasteiger partial charge on any atom is -0.550 e. The molecule has 0 saturated carbocycles. The number of thiophene rings is 1. The Balaban J connectivity index is 1.91. The van der Waals surface area contributed by atoms with Gasteiger partial charge in [0.25, 0.3) is 0 Å². The smallest absolute Gasteiger partial charge is 0.243 e. The van der Waals surface area contributed by atoms with Crippen LogP contribution < -0.4 is 5.11 Å². The first-order valence-corrected chi connectivity index (χ1v) is 8.69. The summed E-state index contributed by atoms with van der Waals surface area (Å²) in [5, 5.41) is 19.0. The fraction of sp³-hybridized carbons (Fsp3) is 0.235. The number of carbonyl (C=O) groups excluding carboxylic acids is 2. The van der Waals surface area contributed by atoms with Crippen LogP contribution in [0.1, 0.15) is 35.7 Å². The number of aliphatic carboxylic acids is 1. The van der Waals surface area contributed by atoms with Crippen LogP contribution in [-0.2, 0) is 9.59 Å². The Labute approximate surface area is 148 Å². The molecule has 1 aromatic carbocycles. The predicted molar refractivity (Wildman–Crippen MR) is 90.8 cm³/mol. The average molecular weight is 362 g/mol. The molecule has 0 saturated heterocycles. The van der Waals surface area contributed by atoms with Gasteiger partial charge in [0, 0.05) is 23.8 Å². The van der Waals surface area contributed by atoms with E-state index in [4.69, 9.17) is 11.6 Å². The molecule has 0 spiro atoms. The summed E-state index contributed by atoms with van der Waals surface area (Å²) in [4.78, 5) is 24.1. The molecule has 0 fully saturated rings. The van der Waals surface area contributed by atoms with E-state index in [-0.39, 0.29) is 24.8 Å². The molecule has 1 aromatic heterocycles. The fourth-order valence-corrected chi connectivity index (χ4v) is 3.63. The van der Waals surface area contributed by atoms with Crippen molar-refractivity contribution in [2.45, 2.75) is 25.3 Å². The number of carboxylic acids is 1. The molecule has 3 rings (SSSR count). The standard InChI is InChI=1S/C17H15ClN2O3S/c18-12-5-2-1-4-11(12)14-10-13(15-6-3-9-24-15)19-20(14)16(21)7-8-17(22)23/h1-6,9,14H,7-8,10H2,(H,22,23)/p-1/t14-/m1/s1. The molecule has 2 heterocycles. The van der Waals surface area contributed by atoms with Gasteiger partial charge >= 0.3 is 0 Å². The van der Waals surface area contributed by atoms with Crippen molar-refractivity contribution in [3.63, 3.8) is 0 Å². The van der Waals surface area contributed by atoms with E-state index in [1.165, 1.54) is 5.01 Å². The van der Waals surface area contributed by atoms with Crippen molar-refractivity contribution in [3.8, 4) is 0 Å². The van der Waals surface area contributed by atoms with Crippen LogP contribution in [0.5, 0.6) is 0 Å². The molecule has 0 unspecified atom stereocenters. The molecule has 1 amide bonds. The van der Waals surface area contributed by atoms with Crippen molar-refractivity contribution in [2.75, 3.05) is 0 Å². The molecule has 1 aliphatic rings. The number of nitrogens with zero attached hydrogens (tertiary/aromatic N) is 2. The van der Waals surface area contributed by atoms with E-state index in [2.05, 4.69) is 5.10 Å². The average Bonchev–Trinajstić information content (AvgIpc) is 3.22. The van der Waals surface area contributed by atoms with Crippen molar-refractivity contribution in [1.29, 1.82) is 0 Å². The number of hydrogen-bond donors (Lipinski definition) is 0. The fourth-order valence-electron chi connectivity index (χ4n) is 2.64. The molecule has 24 heavy (non-hydrogen) atoms. The van der Waals surface area contributed by atoms with Gasteiger partial charge in [-0.1, -0.05) is 35.9 Å². The molecular weight excluding hydrogens is 348 g/mol. The summed E-state index contributed by atoms with van der Waals surface area (Å²) in [6, 6.07) is 10.8. The van der Waals surface area contributed by atoms with E-state index in [1.807, 2.05) is 35.7 Å². The minimum absolute atomic E-state index is 0.148. The third kappa shape index (κ3) is 3.49. The SMILES string of the molecule is O=C([O-])CCC(=O)N1N=C(c2cccs2)C[C@@H]1c1ccccc1Cl. The van der Waals surface area contributed by atoms with Crippen LogP contribution in [0.4, 0.5) is 0 Å². The molecule has 124 valence electrons. The molecule has 0 bridgehead atoms. The van der Waals surface area contributed by atoms with Crippen LogP contribution in [-0.4, -0.2) is 22.6 Å². The number of hydrazone groups is 1. The first-order chi connectivity index (χ1) is 11.6. The highest BCUT2D eigenvalue weighted by molar-refractivity contribution is 7.12. The summed E-state index contributed by atoms with van der Waals surface area (Å²) < 4.78 is 0. The van der Waals surface area contributed by atoms with Gasteiger partial charge in [-0.25, -0.2) is 5.01 Å². The lowest BCUT2D eigenvalue weighted by Crippen LogP contribution is -2.30. The number of amides is 1. The van der Waals surface area contributed by atoms with Gasteiger partial charge in [0.1, 0.15) is 0 Å². The summed E-state index contributed by atoms with van der Waals surface area (Å²) in [7, 11) is 0. The summed E-state index contributed by atoms with van der Waals surface area (Å²) >= 11 is 7.83. The molecule has 5 nitrogen and oxygen atoms in total. The Bertz CT molecular complexity index is 789. The zero-order chi connectivity index (χ0) is 17.1. The number of carbonyl (C=O) groups is 2. The largest absolute Gasteiger partial charge is 0.550 e. The minimum atomic E-state index is -1.25. The monoisotopic (exact) mass is 361 g/mol. The number of rotatable bonds is 5. The highest BCUT2D eigenvalue weighted by atomic mass is 35.5. The molecule has 1 aliphatic heterocycles. The van der Waals surface area contributed by atoms with Crippen molar-refractivity contribution >= 4 is 40.5 Å². The third-order valence-corrected chi connectivity index (χ3v) is 5.04. The zero-order valence-electron chi connectivity index (χ0n) is 12.6. The maximum atomic E-state index is 12.4. The molecule has 0 radical (unpaired) electrons. The Morgan fingerprint density at radius 2 is 2.04 bits per heavy atom. The number of carboxylic acid groups (broad SMARTS) is 1. The molecular formula is C17H14ClN2O3S-. The Kier molecular flexibility index (Phi) is 4.97. The highest BCUT2D eigenvalue weighted by Gasteiger charge is 2.34. The van der Waals surface area contributed by atoms with Crippen molar-refractivity contribution in [1.82, 2.24) is 5.01 Å². The second kappa shape index (κ2) is 7.15. The van der Waals surface area contributed by atoms with Gasteiger partial charge in [-0.2, -0.15) is 5.10 Å². The lowest BCUT2D eigenvalue weighted by Gasteiger charge is -2.23. The maximum absolute atomic E-state index is 12.4. The topological polar surface area (TPSA) is 72.8 Å². The van der Waals surface area contributed by atoms with Crippen LogP contribution >= 0.6 is 22.9 Å². The summed E-state index contributed by atoms with van der Waals surface area (Å²) in [6.45, 7) is 0. The Morgan fingerprint density at radius 1 is 1.25 bits per heavy atom. The molecule has 0 N–H and O–H groups in total. The van der Waals surface area contributed by atoms with Crippen LogP contribution in [0, 0.1) is 0 Å². The lowest BCUT2D eigenvalue weighted by atomic mass is 10.0. The molecule has 2 aromatic rings. The lowest BCUT2D eigenvalue weighted by molar-refractivity contribution is -0.305. The highest BCUT2D eigenvalue weighted by Crippen LogP contribution is 2.37. The Morgan fingerprint density at radius 3 is 2.71 bits per heavy atom. The molecule has 0 aliphatic carbocycles. The first-order valence-electron chi connectivity index (χ1n) is 7.44. The van der Waals surface area contributed by atoms with Gasteiger partial charge in [0.2, 0.25) is 5.91 Å². The Hall–Kier alpha value is -2.18. The van der Waals surface area contributed by atoms with E-state index in [9.17, 15) is 14.7 Å². The second-order valence-electron chi connectivity index (χ2n) is 5.38. The summed E-state index contributed by atoms with van der Waals surface area (Å²) in [5.41, 5.74) is 1.60. The van der Waals surface area contributed by atoms with Crippen LogP contribution in [0.2, 0.25) is 5.02 Å². The van der Waals surface area contributed by atoms with Crippen molar-refractivity contribution < 1.29 is 14.7 Å². The van der Waals surface area contributed by atoms with Gasteiger partial charge in [-0.3, -0.25) is 4.79 Å². The van der Waals surface area contributed by atoms with Crippen molar-refractivity contribution in [2.24, 2.45) is 5.10 Å². The van der Waals surface area contributed by atoms with E-state index >= 15 is 0 Å². The third-order valence-electron chi connectivity index (χ3n) is 3.78. The van der Waals surface area contributed by atoms with E-state index in [1.54, 1.807) is 17.4 Å². The van der Waals surface area contributed by atoms with Crippen LogP contribution in [0.3, 0.4) is 0 Å². The van der Waals surface area contributed by atoms with Crippen LogP contribution in [0.25, 0.3) is 0 Å². The molecule has 7 heteroatoms. The normalized spacial score (nSPS) is 17.0. The second-order valence-corrected chi connectivity index (χ2v) is 6.73. The predicted octanol–water partition coefficient (Wildman–Crippen LogP) is 2.61. The number of benzene rings is 1. The van der Waals surface area contributed by atoms with Crippen LogP contribution in [0.15, 0.2) is 46.9 Å². The van der Waals surface area contributed by atoms with Gasteiger partial charge < -0.3 is 9.90 Å². The maximum Gasteiger partial charge on any atom is 0.243 e. The van der Waals surface area contributed by atoms with E-state index in [0.717, 1.165) is 16.2 Å².